The molecule has 0 aliphatic carbocycles. The van der Waals surface area contributed by atoms with Crippen molar-refractivity contribution in [3.05, 3.63) is 167 Å². The zero-order valence-corrected chi connectivity index (χ0v) is 33.4. The lowest BCUT2D eigenvalue weighted by Gasteiger charge is -2.22. The third-order valence-corrected chi connectivity index (χ3v) is 11.5. The summed E-state index contributed by atoms with van der Waals surface area (Å²) in [5, 5.41) is 2.55. The average Bonchev–Trinajstić information content (AvgIpc) is 3.76. The second-order valence-electron chi connectivity index (χ2n) is 15.5. The van der Waals surface area contributed by atoms with Gasteiger partial charge >= 0.3 is 37.1 Å². The van der Waals surface area contributed by atoms with E-state index in [1.54, 1.807) is 69.8 Å². The highest BCUT2D eigenvalue weighted by atomic mass is 19.4. The van der Waals surface area contributed by atoms with Gasteiger partial charge in [0.05, 0.1) is 55.4 Å². The Bertz CT molecular complexity index is 3150. The van der Waals surface area contributed by atoms with Crippen LogP contribution in [-0.2, 0) is 37.1 Å². The van der Waals surface area contributed by atoms with Crippen LogP contribution in [0.3, 0.4) is 0 Å². The van der Waals surface area contributed by atoms with Crippen LogP contribution >= 0.6 is 0 Å². The number of halogens is 18. The summed E-state index contributed by atoms with van der Waals surface area (Å²) in [6, 6.07) is 27.3. The van der Waals surface area contributed by atoms with E-state index in [0.717, 1.165) is 24.3 Å². The van der Waals surface area contributed by atoms with Crippen molar-refractivity contribution in [2.45, 2.75) is 37.1 Å². The maximum atomic E-state index is 13.9. The van der Waals surface area contributed by atoms with Crippen LogP contribution in [0.1, 0.15) is 33.4 Å². The van der Waals surface area contributed by atoms with Gasteiger partial charge in [-0.1, -0.05) is 60.7 Å². The van der Waals surface area contributed by atoms with Gasteiger partial charge in [-0.05, 0) is 95.1 Å². The molecular formula is C48H22F18N2. The Hall–Kier alpha value is -7.12. The molecule has 0 amide bonds. The van der Waals surface area contributed by atoms with Crippen LogP contribution in [0.15, 0.2) is 133 Å². The van der Waals surface area contributed by atoms with E-state index in [9.17, 15) is 79.0 Å². The molecule has 7 aromatic carbocycles. The number of para-hydroxylation sites is 2. The van der Waals surface area contributed by atoms with Crippen molar-refractivity contribution in [1.29, 1.82) is 0 Å². The van der Waals surface area contributed by atoms with Crippen LogP contribution in [-0.4, -0.2) is 9.13 Å². The highest BCUT2D eigenvalue weighted by molar-refractivity contribution is 6.28. The molecule has 0 saturated carbocycles. The van der Waals surface area contributed by atoms with Crippen molar-refractivity contribution >= 4 is 43.6 Å². The van der Waals surface area contributed by atoms with Crippen LogP contribution in [0, 0.1) is 0 Å². The van der Waals surface area contributed by atoms with E-state index in [1.165, 1.54) is 24.3 Å². The van der Waals surface area contributed by atoms with Crippen molar-refractivity contribution in [2.75, 3.05) is 0 Å². The predicted molar refractivity (Wildman–Crippen MR) is 216 cm³/mol. The summed E-state index contributed by atoms with van der Waals surface area (Å²) >= 11 is 0. The monoisotopic (exact) mass is 968 g/mol. The first kappa shape index (κ1) is 46.0. The van der Waals surface area contributed by atoms with Crippen molar-refractivity contribution in [3.63, 3.8) is 0 Å². The summed E-state index contributed by atoms with van der Waals surface area (Å²) in [6.45, 7) is 0. The topological polar surface area (TPSA) is 9.86 Å². The van der Waals surface area contributed by atoms with Crippen LogP contribution in [0.4, 0.5) is 79.0 Å². The maximum absolute atomic E-state index is 13.9. The zero-order valence-electron chi connectivity index (χ0n) is 33.4. The summed E-state index contributed by atoms with van der Waals surface area (Å²) in [5.74, 6) is 0. The number of nitrogens with zero attached hydrogens (tertiary/aromatic N) is 2. The molecular weight excluding hydrogens is 947 g/mol. The first-order chi connectivity index (χ1) is 31.5. The molecule has 0 fully saturated rings. The Morgan fingerprint density at radius 2 is 0.544 bits per heavy atom. The maximum Gasteiger partial charge on any atom is 0.417 e. The number of fused-ring (bicyclic) bond motifs is 7. The number of aromatic nitrogens is 2. The smallest absolute Gasteiger partial charge is 0.309 e. The van der Waals surface area contributed by atoms with E-state index in [-0.39, 0.29) is 35.4 Å². The van der Waals surface area contributed by atoms with E-state index >= 15 is 0 Å². The standard InChI is InChI=1S/C48H22F18N2/c49-43(50,51)31-19-25(20-32(44(52,53)54)41(31)47(61,62)63)23-9-13-27(14-10-23)67-35-7-3-1-5-29(35)39-37(67)17-18-38-40(39)30-6-2-4-8-36(30)68(38)28-15-11-24(12-16-28)26-21-33(45(55,56)57)42(48(64,65)66)34(22-26)46(58,59)60/h1-22H. The quantitative estimate of drug-likeness (QED) is 0.156. The lowest BCUT2D eigenvalue weighted by atomic mass is 9.93. The fourth-order valence-electron chi connectivity index (χ4n) is 8.80. The molecule has 0 unspecified atom stereocenters. The Balaban J connectivity index is 1.19. The Labute approximate surface area is 368 Å². The normalized spacial score (nSPS) is 13.4. The van der Waals surface area contributed by atoms with Crippen molar-refractivity contribution < 1.29 is 79.0 Å². The van der Waals surface area contributed by atoms with Gasteiger partial charge in [0, 0.05) is 32.9 Å². The summed E-state index contributed by atoms with van der Waals surface area (Å²) in [6.07, 6.45) is -35.3. The van der Waals surface area contributed by atoms with Gasteiger partial charge in [0.2, 0.25) is 0 Å². The number of hydrogen-bond donors (Lipinski definition) is 0. The largest absolute Gasteiger partial charge is 0.417 e. The molecule has 0 spiro atoms. The number of rotatable bonds is 4. The molecule has 2 heterocycles. The molecule has 0 aliphatic heterocycles. The van der Waals surface area contributed by atoms with Gasteiger partial charge in [-0.15, -0.1) is 0 Å². The lowest BCUT2D eigenvalue weighted by Crippen LogP contribution is -2.23. The van der Waals surface area contributed by atoms with Crippen LogP contribution in [0.25, 0.3) is 77.2 Å². The summed E-state index contributed by atoms with van der Waals surface area (Å²) < 4.78 is 253. The SMILES string of the molecule is FC(F)(F)c1cc(-c2ccc(-n3c4ccccc4c4c5c6ccccc6n(-c6ccc(-c7cc(C(F)(F)F)c(C(F)(F)F)c(C(F)(F)F)c7)cc6)c5ccc43)cc2)cc(C(F)(F)F)c1C(F)(F)F. The third kappa shape index (κ3) is 7.72. The average molecular weight is 969 g/mol. The van der Waals surface area contributed by atoms with Gasteiger partial charge < -0.3 is 9.13 Å². The van der Waals surface area contributed by atoms with Gasteiger partial charge in [0.25, 0.3) is 0 Å². The molecule has 9 rings (SSSR count). The van der Waals surface area contributed by atoms with Crippen LogP contribution in [0.5, 0.6) is 0 Å². The first-order valence-corrected chi connectivity index (χ1v) is 19.5. The van der Waals surface area contributed by atoms with E-state index < -0.39 is 81.6 Å². The van der Waals surface area contributed by atoms with Crippen molar-refractivity contribution in [2.24, 2.45) is 0 Å². The molecule has 9 aromatic rings. The van der Waals surface area contributed by atoms with Gasteiger partial charge in [-0.2, -0.15) is 79.0 Å². The summed E-state index contributed by atoms with van der Waals surface area (Å²) in [4.78, 5) is 0. The second-order valence-corrected chi connectivity index (χ2v) is 15.5. The molecule has 0 saturated heterocycles. The molecule has 68 heavy (non-hydrogen) atoms. The van der Waals surface area contributed by atoms with E-state index in [4.69, 9.17) is 0 Å². The van der Waals surface area contributed by atoms with Crippen LogP contribution in [0.2, 0.25) is 0 Å². The predicted octanol–water partition coefficient (Wildman–Crippen LogP) is 17.3. The van der Waals surface area contributed by atoms with Gasteiger partial charge in [0.15, 0.2) is 0 Å². The van der Waals surface area contributed by atoms with Crippen molar-refractivity contribution in [3.8, 4) is 33.6 Å². The molecule has 20 heteroatoms. The number of hydrogen-bond acceptors (Lipinski definition) is 0. The molecule has 0 radical (unpaired) electrons. The van der Waals surface area contributed by atoms with E-state index in [1.807, 2.05) is 0 Å². The highest BCUT2D eigenvalue weighted by Gasteiger charge is 2.52. The Morgan fingerprint density at radius 3 is 0.809 bits per heavy atom. The first-order valence-electron chi connectivity index (χ1n) is 19.5. The fourth-order valence-corrected chi connectivity index (χ4v) is 8.80. The molecule has 0 N–H and O–H groups in total. The van der Waals surface area contributed by atoms with Crippen molar-refractivity contribution in [1.82, 2.24) is 9.13 Å². The number of alkyl halides is 18. The third-order valence-electron chi connectivity index (χ3n) is 11.5. The lowest BCUT2D eigenvalue weighted by molar-refractivity contribution is -0.174. The minimum atomic E-state index is -6.00. The second kappa shape index (κ2) is 15.2. The zero-order chi connectivity index (χ0) is 49.3. The summed E-state index contributed by atoms with van der Waals surface area (Å²) in [7, 11) is 0. The Morgan fingerprint density at radius 1 is 0.265 bits per heavy atom. The molecule has 0 bridgehead atoms. The van der Waals surface area contributed by atoms with Gasteiger partial charge in [-0.25, -0.2) is 0 Å². The fraction of sp³-hybridized carbons (Fsp3) is 0.125. The molecule has 350 valence electrons. The minimum Gasteiger partial charge on any atom is -0.309 e. The molecule has 0 atom stereocenters. The van der Waals surface area contributed by atoms with E-state index in [0.29, 0.717) is 55.0 Å². The Kier molecular flexibility index (Phi) is 10.3. The number of benzene rings is 7. The molecule has 2 aromatic heterocycles. The molecule has 0 aliphatic rings. The summed E-state index contributed by atoms with van der Waals surface area (Å²) in [5.41, 5.74) is -15.0. The van der Waals surface area contributed by atoms with Gasteiger partial charge in [0.1, 0.15) is 0 Å². The highest BCUT2D eigenvalue weighted by Crippen LogP contribution is 2.51. The molecule has 2 nitrogen and oxygen atoms in total. The van der Waals surface area contributed by atoms with Gasteiger partial charge in [-0.3, -0.25) is 0 Å². The van der Waals surface area contributed by atoms with Crippen LogP contribution < -0.4 is 0 Å². The van der Waals surface area contributed by atoms with E-state index in [2.05, 4.69) is 0 Å². The minimum absolute atomic E-state index is 0.00958.